The molecule has 2 atom stereocenters. The topological polar surface area (TPSA) is 46.2 Å². The Morgan fingerprint density at radius 2 is 1.59 bits per heavy atom. The van der Waals surface area contributed by atoms with E-state index in [4.69, 9.17) is 0 Å². The Hall–Kier alpha value is -2.75. The molecule has 1 N–H and O–H groups in total. The van der Waals surface area contributed by atoms with Crippen LogP contribution in [0.4, 0.5) is 4.39 Å². The number of rotatable bonds is 3. The average Bonchev–Trinajstić information content (AvgIpc) is 2.67. The second-order valence-electron chi connectivity index (χ2n) is 7.37. The molecule has 0 aromatic heterocycles. The van der Waals surface area contributed by atoms with Gasteiger partial charge in [0, 0.05) is 30.0 Å². The molecule has 4 heteroatoms. The molecule has 0 saturated carbocycles. The Kier molecular flexibility index (Phi) is 4.65. The number of carbonyl (C=O) groups is 2. The van der Waals surface area contributed by atoms with E-state index in [2.05, 4.69) is 24.4 Å². The molecule has 2 aliphatic rings. The fourth-order valence-corrected chi connectivity index (χ4v) is 4.20. The van der Waals surface area contributed by atoms with Crippen LogP contribution in [0.25, 0.3) is 0 Å². The highest BCUT2D eigenvalue weighted by Crippen LogP contribution is 2.42. The maximum atomic E-state index is 13.2. The first-order chi connectivity index (χ1) is 13.0. The van der Waals surface area contributed by atoms with Crippen LogP contribution >= 0.6 is 0 Å². The quantitative estimate of drug-likeness (QED) is 0.879. The van der Waals surface area contributed by atoms with E-state index in [1.165, 1.54) is 17.7 Å². The monoisotopic (exact) mass is 363 g/mol. The lowest BCUT2D eigenvalue weighted by Crippen LogP contribution is -2.38. The smallest absolute Gasteiger partial charge is 0.225 e. The number of amides is 1. The molecule has 3 nitrogen and oxygen atoms in total. The summed E-state index contributed by atoms with van der Waals surface area (Å²) in [5, 5.41) is 2.93. The van der Waals surface area contributed by atoms with Gasteiger partial charge in [-0.15, -0.1) is 0 Å². The Balaban J connectivity index is 1.68. The SMILES string of the molecule is CCc1ccc([C@H]2CC(=O)NC3=C2C(=O)C[C@@H](c2ccc(F)cc2)C3)cc1. The van der Waals surface area contributed by atoms with Gasteiger partial charge >= 0.3 is 0 Å². The van der Waals surface area contributed by atoms with Crippen molar-refractivity contribution in [3.8, 4) is 0 Å². The van der Waals surface area contributed by atoms with Crippen molar-refractivity contribution in [2.24, 2.45) is 0 Å². The Labute approximate surface area is 158 Å². The van der Waals surface area contributed by atoms with Crippen LogP contribution in [0.3, 0.4) is 0 Å². The number of benzene rings is 2. The molecule has 1 heterocycles. The molecule has 0 saturated heterocycles. The van der Waals surface area contributed by atoms with E-state index in [1.807, 2.05) is 12.1 Å². The van der Waals surface area contributed by atoms with Crippen molar-refractivity contribution in [3.05, 3.63) is 82.3 Å². The van der Waals surface area contributed by atoms with Crippen LogP contribution in [-0.2, 0) is 16.0 Å². The van der Waals surface area contributed by atoms with Crippen molar-refractivity contribution >= 4 is 11.7 Å². The van der Waals surface area contributed by atoms with Crippen LogP contribution in [0.1, 0.15) is 54.7 Å². The van der Waals surface area contributed by atoms with Crippen molar-refractivity contribution in [1.29, 1.82) is 0 Å². The Morgan fingerprint density at radius 1 is 0.926 bits per heavy atom. The summed E-state index contributed by atoms with van der Waals surface area (Å²) in [5.41, 5.74) is 4.67. The molecule has 0 bridgehead atoms. The normalized spacial score (nSPS) is 22.4. The molecule has 0 unspecified atom stereocenters. The molecule has 0 fully saturated rings. The number of hydrogen-bond donors (Lipinski definition) is 1. The third-order valence-corrected chi connectivity index (χ3v) is 5.67. The lowest BCUT2D eigenvalue weighted by atomic mass is 9.73. The highest BCUT2D eigenvalue weighted by Gasteiger charge is 2.38. The number of aryl methyl sites for hydroxylation is 1. The van der Waals surface area contributed by atoms with E-state index in [1.54, 1.807) is 12.1 Å². The maximum Gasteiger partial charge on any atom is 0.225 e. The van der Waals surface area contributed by atoms with E-state index in [0.717, 1.165) is 28.8 Å². The number of carbonyl (C=O) groups excluding carboxylic acids is 2. The highest BCUT2D eigenvalue weighted by atomic mass is 19.1. The number of hydrogen-bond acceptors (Lipinski definition) is 2. The van der Waals surface area contributed by atoms with Crippen LogP contribution in [0.2, 0.25) is 0 Å². The summed E-state index contributed by atoms with van der Waals surface area (Å²) >= 11 is 0. The molecule has 4 rings (SSSR count). The third-order valence-electron chi connectivity index (χ3n) is 5.67. The van der Waals surface area contributed by atoms with E-state index < -0.39 is 0 Å². The van der Waals surface area contributed by atoms with Crippen molar-refractivity contribution in [2.45, 2.75) is 44.4 Å². The van der Waals surface area contributed by atoms with Crippen LogP contribution in [-0.4, -0.2) is 11.7 Å². The fraction of sp³-hybridized carbons (Fsp3) is 0.304. The average molecular weight is 363 g/mol. The Morgan fingerprint density at radius 3 is 2.26 bits per heavy atom. The van der Waals surface area contributed by atoms with Gasteiger partial charge in [-0.25, -0.2) is 4.39 Å². The summed E-state index contributed by atoms with van der Waals surface area (Å²) in [4.78, 5) is 25.3. The van der Waals surface area contributed by atoms with Crippen molar-refractivity contribution in [3.63, 3.8) is 0 Å². The highest BCUT2D eigenvalue weighted by molar-refractivity contribution is 6.02. The van der Waals surface area contributed by atoms with Gasteiger partial charge in [0.2, 0.25) is 5.91 Å². The molecule has 0 radical (unpaired) electrons. The Bertz CT molecular complexity index is 912. The minimum absolute atomic E-state index is 0.0293. The number of ketones is 1. The van der Waals surface area contributed by atoms with E-state index in [-0.39, 0.29) is 29.3 Å². The summed E-state index contributed by atoms with van der Waals surface area (Å²) in [6.45, 7) is 2.10. The zero-order valence-electron chi connectivity index (χ0n) is 15.3. The van der Waals surface area contributed by atoms with Crippen molar-refractivity contribution in [2.75, 3.05) is 0 Å². The molecule has 1 amide bonds. The summed E-state index contributed by atoms with van der Waals surface area (Å²) < 4.78 is 13.2. The molecule has 0 spiro atoms. The predicted octanol–water partition coefficient (Wildman–Crippen LogP) is 4.39. The molecule has 27 heavy (non-hydrogen) atoms. The number of nitrogens with one attached hydrogen (secondary N) is 1. The second kappa shape index (κ2) is 7.10. The predicted molar refractivity (Wildman–Crippen MR) is 102 cm³/mol. The number of allylic oxidation sites excluding steroid dienone is 2. The van der Waals surface area contributed by atoms with Crippen LogP contribution < -0.4 is 5.32 Å². The van der Waals surface area contributed by atoms with Gasteiger partial charge in [0.1, 0.15) is 5.82 Å². The van der Waals surface area contributed by atoms with Gasteiger partial charge in [-0.2, -0.15) is 0 Å². The van der Waals surface area contributed by atoms with Crippen molar-refractivity contribution < 1.29 is 14.0 Å². The van der Waals surface area contributed by atoms with Gasteiger partial charge in [0.25, 0.3) is 0 Å². The second-order valence-corrected chi connectivity index (χ2v) is 7.37. The summed E-state index contributed by atoms with van der Waals surface area (Å²) in [7, 11) is 0. The molecule has 2 aromatic carbocycles. The van der Waals surface area contributed by atoms with Gasteiger partial charge < -0.3 is 5.32 Å². The first-order valence-corrected chi connectivity index (χ1v) is 9.45. The first kappa shape index (κ1) is 17.7. The van der Waals surface area contributed by atoms with Crippen LogP contribution in [0.15, 0.2) is 59.8 Å². The number of Topliss-reactive ketones (excluding diaryl/α,β-unsaturated/α-hetero) is 1. The van der Waals surface area contributed by atoms with E-state index in [0.29, 0.717) is 19.3 Å². The summed E-state index contributed by atoms with van der Waals surface area (Å²) in [6.07, 6.45) is 2.25. The van der Waals surface area contributed by atoms with Crippen LogP contribution in [0.5, 0.6) is 0 Å². The lowest BCUT2D eigenvalue weighted by molar-refractivity contribution is -0.122. The van der Waals surface area contributed by atoms with Crippen LogP contribution in [0, 0.1) is 5.82 Å². The largest absolute Gasteiger partial charge is 0.329 e. The molecule has 1 aliphatic heterocycles. The van der Waals surface area contributed by atoms with Crippen molar-refractivity contribution in [1.82, 2.24) is 5.32 Å². The number of halogens is 1. The van der Waals surface area contributed by atoms with E-state index >= 15 is 0 Å². The van der Waals surface area contributed by atoms with E-state index in [9.17, 15) is 14.0 Å². The molecule has 2 aromatic rings. The fourth-order valence-electron chi connectivity index (χ4n) is 4.20. The zero-order chi connectivity index (χ0) is 19.0. The minimum Gasteiger partial charge on any atom is -0.329 e. The molecule has 1 aliphatic carbocycles. The zero-order valence-corrected chi connectivity index (χ0v) is 15.3. The maximum absolute atomic E-state index is 13.2. The van der Waals surface area contributed by atoms with Gasteiger partial charge in [0.15, 0.2) is 5.78 Å². The van der Waals surface area contributed by atoms with Gasteiger partial charge in [0.05, 0.1) is 0 Å². The lowest BCUT2D eigenvalue weighted by Gasteiger charge is -2.34. The van der Waals surface area contributed by atoms with Gasteiger partial charge in [-0.05, 0) is 47.6 Å². The standard InChI is InChI=1S/C23H22FNO2/c1-2-14-3-5-16(6-4-14)19-13-22(27)25-20-11-17(12-21(26)23(19)20)15-7-9-18(24)10-8-15/h3-10,17,19H,2,11-13H2,1H3,(H,25,27)/t17-,19+/m0/s1. The molecular formula is C23H22FNO2. The summed E-state index contributed by atoms with van der Waals surface area (Å²) in [5.74, 6) is -0.469. The summed E-state index contributed by atoms with van der Waals surface area (Å²) in [6, 6.07) is 14.5. The first-order valence-electron chi connectivity index (χ1n) is 9.45. The third kappa shape index (κ3) is 3.44. The minimum atomic E-state index is -0.289. The van der Waals surface area contributed by atoms with Gasteiger partial charge in [-0.3, -0.25) is 9.59 Å². The van der Waals surface area contributed by atoms with Gasteiger partial charge in [-0.1, -0.05) is 43.3 Å². The molecular weight excluding hydrogens is 341 g/mol. The molecule has 138 valence electrons.